The third-order valence-electron chi connectivity index (χ3n) is 6.43. The number of aromatic carboxylic acids is 1. The van der Waals surface area contributed by atoms with E-state index in [1.807, 2.05) is 36.4 Å². The van der Waals surface area contributed by atoms with E-state index in [4.69, 9.17) is 14.4 Å². The van der Waals surface area contributed by atoms with Crippen LogP contribution in [0.4, 0.5) is 4.79 Å². The second kappa shape index (κ2) is 9.61. The summed E-state index contributed by atoms with van der Waals surface area (Å²) in [6, 6.07) is 16.6. The third kappa shape index (κ3) is 5.03. The van der Waals surface area contributed by atoms with Gasteiger partial charge in [0.15, 0.2) is 11.5 Å². The first-order valence-electron chi connectivity index (χ1n) is 11.6. The van der Waals surface area contributed by atoms with Gasteiger partial charge in [-0.15, -0.1) is 0 Å². The Labute approximate surface area is 201 Å². The molecule has 5 rings (SSSR count). The lowest BCUT2D eigenvalue weighted by molar-refractivity contribution is -0.123. The molecule has 1 fully saturated rings. The van der Waals surface area contributed by atoms with Gasteiger partial charge in [0.25, 0.3) is 0 Å². The number of carbonyl (C=O) groups excluding carboxylic acids is 2. The van der Waals surface area contributed by atoms with E-state index in [1.165, 1.54) is 6.07 Å². The van der Waals surface area contributed by atoms with Crippen LogP contribution < -0.4 is 10.6 Å². The number of rotatable bonds is 9. The summed E-state index contributed by atoms with van der Waals surface area (Å²) in [6.45, 7) is 0.125. The van der Waals surface area contributed by atoms with Crippen molar-refractivity contribution in [2.45, 2.75) is 37.8 Å². The zero-order valence-electron chi connectivity index (χ0n) is 18.9. The van der Waals surface area contributed by atoms with Crippen molar-refractivity contribution in [3.8, 4) is 11.1 Å². The minimum Gasteiger partial charge on any atom is -0.476 e. The number of carboxylic acid groups (broad SMARTS) is 1. The minimum atomic E-state index is -1.21. The summed E-state index contributed by atoms with van der Waals surface area (Å²) in [4.78, 5) is 36.4. The fourth-order valence-corrected chi connectivity index (χ4v) is 4.50. The molecule has 0 radical (unpaired) electrons. The molecule has 180 valence electrons. The molecule has 0 aliphatic heterocycles. The van der Waals surface area contributed by atoms with Crippen molar-refractivity contribution in [3.63, 3.8) is 0 Å². The van der Waals surface area contributed by atoms with Gasteiger partial charge in [0, 0.05) is 12.0 Å². The Morgan fingerprint density at radius 2 is 1.71 bits per heavy atom. The lowest BCUT2D eigenvalue weighted by atomic mass is 9.98. The van der Waals surface area contributed by atoms with Gasteiger partial charge in [-0.25, -0.2) is 9.59 Å². The van der Waals surface area contributed by atoms with Crippen molar-refractivity contribution in [1.29, 1.82) is 0 Å². The highest BCUT2D eigenvalue weighted by molar-refractivity contribution is 5.86. The van der Waals surface area contributed by atoms with E-state index in [9.17, 15) is 14.4 Å². The molecule has 0 spiro atoms. The van der Waals surface area contributed by atoms with Gasteiger partial charge in [-0.1, -0.05) is 66.5 Å². The summed E-state index contributed by atoms with van der Waals surface area (Å²) >= 11 is 0. The Morgan fingerprint density at radius 3 is 2.31 bits per heavy atom. The van der Waals surface area contributed by atoms with Crippen LogP contribution >= 0.6 is 0 Å². The van der Waals surface area contributed by atoms with E-state index in [1.54, 1.807) is 0 Å². The van der Waals surface area contributed by atoms with E-state index in [0.29, 0.717) is 12.3 Å². The number of hydrogen-bond acceptors (Lipinski definition) is 6. The summed E-state index contributed by atoms with van der Waals surface area (Å²) in [7, 11) is 0. The lowest BCUT2D eigenvalue weighted by Crippen LogP contribution is -2.47. The number of benzene rings is 2. The molecular formula is C26H25N3O6. The Kier molecular flexibility index (Phi) is 6.22. The number of nitrogens with one attached hydrogen (secondary N) is 2. The fourth-order valence-electron chi connectivity index (χ4n) is 4.50. The van der Waals surface area contributed by atoms with Crippen LogP contribution in [0.3, 0.4) is 0 Å². The van der Waals surface area contributed by atoms with Gasteiger partial charge in [-0.2, -0.15) is 0 Å². The quantitative estimate of drug-likeness (QED) is 0.430. The molecule has 0 saturated heterocycles. The lowest BCUT2D eigenvalue weighted by Gasteiger charge is -2.19. The highest BCUT2D eigenvalue weighted by atomic mass is 16.5. The normalized spacial score (nSPS) is 15.1. The van der Waals surface area contributed by atoms with Gasteiger partial charge < -0.3 is 25.0 Å². The van der Waals surface area contributed by atoms with Crippen molar-refractivity contribution in [1.82, 2.24) is 15.8 Å². The Bertz CT molecular complexity index is 1220. The average Bonchev–Trinajstić information content (AvgIpc) is 3.44. The number of carbonyl (C=O) groups is 3. The van der Waals surface area contributed by atoms with Crippen molar-refractivity contribution in [2.75, 3.05) is 6.61 Å². The maximum Gasteiger partial charge on any atom is 0.407 e. The van der Waals surface area contributed by atoms with Crippen LogP contribution in [0.5, 0.6) is 0 Å². The van der Waals surface area contributed by atoms with E-state index in [0.717, 1.165) is 35.1 Å². The molecular weight excluding hydrogens is 450 g/mol. The van der Waals surface area contributed by atoms with Crippen LogP contribution in [0.15, 0.2) is 59.1 Å². The second-order valence-corrected chi connectivity index (χ2v) is 8.90. The predicted molar refractivity (Wildman–Crippen MR) is 125 cm³/mol. The highest BCUT2D eigenvalue weighted by Gasteiger charge is 2.32. The predicted octanol–water partition coefficient (Wildman–Crippen LogP) is 3.70. The second-order valence-electron chi connectivity index (χ2n) is 8.90. The number of hydrogen-bond donors (Lipinski definition) is 3. The van der Waals surface area contributed by atoms with Gasteiger partial charge in [0.1, 0.15) is 12.6 Å². The number of alkyl carbamates (subject to hydrolysis) is 1. The fraction of sp³-hybridized carbons (Fsp3) is 0.308. The van der Waals surface area contributed by atoms with Gasteiger partial charge >= 0.3 is 12.1 Å². The third-order valence-corrected chi connectivity index (χ3v) is 6.43. The Morgan fingerprint density at radius 1 is 1.06 bits per heavy atom. The molecule has 1 heterocycles. The molecule has 9 heteroatoms. The summed E-state index contributed by atoms with van der Waals surface area (Å²) in [5, 5.41) is 17.7. The summed E-state index contributed by atoms with van der Waals surface area (Å²) in [5.41, 5.74) is 4.27. The van der Waals surface area contributed by atoms with Crippen molar-refractivity contribution in [3.05, 3.63) is 77.2 Å². The number of amides is 2. The van der Waals surface area contributed by atoms with Crippen LogP contribution in [0.2, 0.25) is 0 Å². The van der Waals surface area contributed by atoms with Gasteiger partial charge in [-0.05, 0) is 34.6 Å². The zero-order chi connectivity index (χ0) is 24.4. The number of carboxylic acids is 1. The number of nitrogens with zero attached hydrogens (tertiary/aromatic N) is 1. The molecule has 2 amide bonds. The first kappa shape index (κ1) is 22.6. The van der Waals surface area contributed by atoms with E-state index >= 15 is 0 Å². The minimum absolute atomic E-state index is 0.0351. The molecule has 35 heavy (non-hydrogen) atoms. The maximum atomic E-state index is 12.8. The summed E-state index contributed by atoms with van der Waals surface area (Å²) in [5.74, 6) is -1.09. The SMILES string of the molecule is O=C(NC(CC1CC1)C(=O)NCc1cc(C(=O)O)no1)OCC1c2ccccc2-c2ccccc21. The summed E-state index contributed by atoms with van der Waals surface area (Å²) in [6.07, 6.45) is 1.88. The molecule has 3 N–H and O–H groups in total. The molecule has 1 unspecified atom stereocenters. The highest BCUT2D eigenvalue weighted by Crippen LogP contribution is 2.44. The Balaban J connectivity index is 1.20. The van der Waals surface area contributed by atoms with Crippen LogP contribution in [-0.4, -0.2) is 40.9 Å². The smallest absolute Gasteiger partial charge is 0.407 e. The first-order chi connectivity index (χ1) is 17.0. The zero-order valence-corrected chi connectivity index (χ0v) is 18.9. The van der Waals surface area contributed by atoms with Gasteiger partial charge in [0.05, 0.1) is 6.54 Å². The number of aromatic nitrogens is 1. The molecule has 2 aliphatic carbocycles. The maximum absolute atomic E-state index is 12.8. The molecule has 1 atom stereocenters. The molecule has 0 bridgehead atoms. The molecule has 1 saturated carbocycles. The van der Waals surface area contributed by atoms with Crippen molar-refractivity contribution >= 4 is 18.0 Å². The van der Waals surface area contributed by atoms with Crippen molar-refractivity contribution in [2.24, 2.45) is 5.92 Å². The summed E-state index contributed by atoms with van der Waals surface area (Å²) < 4.78 is 10.5. The molecule has 3 aromatic rings. The Hall–Kier alpha value is -4.14. The first-order valence-corrected chi connectivity index (χ1v) is 11.6. The molecule has 1 aromatic heterocycles. The van der Waals surface area contributed by atoms with Crippen molar-refractivity contribution < 1.29 is 28.8 Å². The van der Waals surface area contributed by atoms with Gasteiger partial charge in [-0.3, -0.25) is 4.79 Å². The van der Waals surface area contributed by atoms with E-state index in [-0.39, 0.29) is 30.5 Å². The van der Waals surface area contributed by atoms with Crippen LogP contribution in [0, 0.1) is 5.92 Å². The standard InChI is InChI=1S/C26H25N3O6/c30-24(27-13-16-12-23(25(31)32)29-35-16)22(11-15-9-10-15)28-26(33)34-14-21-19-7-3-1-5-17(19)18-6-2-4-8-20(18)21/h1-8,12,15,21-22H,9-11,13-14H2,(H,27,30)(H,28,33)(H,31,32). The number of fused-ring (bicyclic) bond motifs is 3. The topological polar surface area (TPSA) is 131 Å². The molecule has 9 nitrogen and oxygen atoms in total. The molecule has 2 aliphatic rings. The number of ether oxygens (including phenoxy) is 1. The molecule has 2 aromatic carbocycles. The largest absolute Gasteiger partial charge is 0.476 e. The van der Waals surface area contributed by atoms with E-state index in [2.05, 4.69) is 27.9 Å². The van der Waals surface area contributed by atoms with Crippen LogP contribution in [0.1, 0.15) is 52.6 Å². The van der Waals surface area contributed by atoms with E-state index < -0.39 is 24.0 Å². The monoisotopic (exact) mass is 475 g/mol. The average molecular weight is 476 g/mol. The van der Waals surface area contributed by atoms with Crippen LogP contribution in [0.25, 0.3) is 11.1 Å². The van der Waals surface area contributed by atoms with Gasteiger partial charge in [0.2, 0.25) is 5.91 Å². The van der Waals surface area contributed by atoms with Crippen LogP contribution in [-0.2, 0) is 16.1 Å².